The highest BCUT2D eigenvalue weighted by molar-refractivity contribution is 7.99. The lowest BCUT2D eigenvalue weighted by Gasteiger charge is -2.35. The number of halogens is 2. The van der Waals surface area contributed by atoms with Crippen molar-refractivity contribution in [1.29, 1.82) is 0 Å². The van der Waals surface area contributed by atoms with Crippen LogP contribution in [0.25, 0.3) is 16.7 Å². The van der Waals surface area contributed by atoms with Crippen LogP contribution in [0.15, 0.2) is 55.5 Å². The second-order valence-electron chi connectivity index (χ2n) is 10.1. The van der Waals surface area contributed by atoms with Gasteiger partial charge in [-0.25, -0.2) is 8.78 Å². The molecule has 5 nitrogen and oxygen atoms in total. The summed E-state index contributed by atoms with van der Waals surface area (Å²) in [6.07, 6.45) is 7.84. The van der Waals surface area contributed by atoms with E-state index in [9.17, 15) is 8.78 Å². The van der Waals surface area contributed by atoms with E-state index in [1.807, 2.05) is 36.0 Å². The minimum absolute atomic E-state index is 0.0456. The Morgan fingerprint density at radius 3 is 2.55 bits per heavy atom. The first-order chi connectivity index (χ1) is 18.3. The van der Waals surface area contributed by atoms with E-state index in [0.29, 0.717) is 5.56 Å². The SMILES string of the molecule is C=CN(C)c1cc(N2CCCc3cc(-c4cnn(C)c4)c(C(F)F)cc32)cc(C2=CCSCC2)c1N(C)C. The van der Waals surface area contributed by atoms with Crippen LogP contribution in [-0.4, -0.2) is 49.0 Å². The standard InChI is InChI=1S/C30H35F2N5S/c1-6-35(4)28-16-23(15-25(29(28)34(2)3)20-9-12-38-13-10-20)37-11-7-8-21-14-24(22-18-33-36(5)19-22)26(30(31)32)17-27(21)37/h6,9,14-19,30H,1,7-8,10-13H2,2-5H3. The Labute approximate surface area is 228 Å². The number of anilines is 4. The normalized spacial score (nSPS) is 15.3. The molecule has 8 heteroatoms. The van der Waals surface area contributed by atoms with Crippen molar-refractivity contribution in [2.24, 2.45) is 7.05 Å². The van der Waals surface area contributed by atoms with Gasteiger partial charge in [0.05, 0.1) is 17.6 Å². The molecule has 0 saturated heterocycles. The van der Waals surface area contributed by atoms with Gasteiger partial charge in [0.25, 0.3) is 6.43 Å². The van der Waals surface area contributed by atoms with Crippen molar-refractivity contribution in [1.82, 2.24) is 9.78 Å². The van der Waals surface area contributed by atoms with Crippen molar-refractivity contribution >= 4 is 40.1 Å². The number of benzene rings is 2. The predicted molar refractivity (Wildman–Crippen MR) is 158 cm³/mol. The summed E-state index contributed by atoms with van der Waals surface area (Å²) in [4.78, 5) is 6.43. The number of alkyl halides is 2. The molecule has 2 aliphatic rings. The predicted octanol–water partition coefficient (Wildman–Crippen LogP) is 7.28. The van der Waals surface area contributed by atoms with Crippen LogP contribution in [0.1, 0.15) is 36.0 Å². The van der Waals surface area contributed by atoms with Crippen molar-refractivity contribution in [3.05, 3.63) is 72.2 Å². The molecule has 0 bridgehead atoms. The zero-order chi connectivity index (χ0) is 27.0. The van der Waals surface area contributed by atoms with Crippen LogP contribution in [0.3, 0.4) is 0 Å². The van der Waals surface area contributed by atoms with Crippen LogP contribution in [0.5, 0.6) is 0 Å². The van der Waals surface area contributed by atoms with Gasteiger partial charge in [-0.2, -0.15) is 16.9 Å². The number of rotatable bonds is 7. The average Bonchev–Trinajstić information content (AvgIpc) is 3.37. The summed E-state index contributed by atoms with van der Waals surface area (Å²) in [5.41, 5.74) is 9.03. The molecule has 38 heavy (non-hydrogen) atoms. The number of aryl methyl sites for hydroxylation is 2. The molecule has 3 heterocycles. The van der Waals surface area contributed by atoms with E-state index < -0.39 is 6.43 Å². The molecule has 0 unspecified atom stereocenters. The molecular formula is C30H35F2N5S. The van der Waals surface area contributed by atoms with Crippen LogP contribution in [0, 0.1) is 0 Å². The Morgan fingerprint density at radius 2 is 1.92 bits per heavy atom. The Hall–Kier alpha value is -3.26. The summed E-state index contributed by atoms with van der Waals surface area (Å²) in [6, 6.07) is 8.08. The number of hydrogen-bond donors (Lipinski definition) is 0. The van der Waals surface area contributed by atoms with Crippen molar-refractivity contribution in [3.8, 4) is 11.1 Å². The van der Waals surface area contributed by atoms with Gasteiger partial charge in [0.2, 0.25) is 0 Å². The minimum Gasteiger partial charge on any atom is -0.375 e. The molecule has 0 spiro atoms. The van der Waals surface area contributed by atoms with Crippen LogP contribution >= 0.6 is 11.8 Å². The second kappa shape index (κ2) is 10.8. The molecule has 0 amide bonds. The molecule has 200 valence electrons. The zero-order valence-corrected chi connectivity index (χ0v) is 23.4. The van der Waals surface area contributed by atoms with Crippen LogP contribution < -0.4 is 14.7 Å². The quantitative estimate of drug-likeness (QED) is 0.317. The molecule has 0 N–H and O–H groups in total. The highest BCUT2D eigenvalue weighted by atomic mass is 32.2. The van der Waals surface area contributed by atoms with E-state index in [1.165, 1.54) is 11.1 Å². The van der Waals surface area contributed by atoms with Gasteiger partial charge in [0.1, 0.15) is 0 Å². The first-order valence-electron chi connectivity index (χ1n) is 13.0. The van der Waals surface area contributed by atoms with Crippen molar-refractivity contribution in [2.75, 3.05) is 53.9 Å². The Morgan fingerprint density at radius 1 is 1.11 bits per heavy atom. The lowest BCUT2D eigenvalue weighted by atomic mass is 9.92. The highest BCUT2D eigenvalue weighted by Crippen LogP contribution is 2.46. The number of thioether (sulfide) groups is 1. The number of fused-ring (bicyclic) bond motifs is 1. The molecule has 2 aliphatic heterocycles. The second-order valence-corrected chi connectivity index (χ2v) is 11.3. The van der Waals surface area contributed by atoms with Gasteiger partial charge in [-0.1, -0.05) is 12.7 Å². The summed E-state index contributed by atoms with van der Waals surface area (Å²) >= 11 is 1.95. The molecule has 0 atom stereocenters. The van der Waals surface area contributed by atoms with E-state index in [0.717, 1.165) is 71.2 Å². The molecule has 0 fully saturated rings. The fourth-order valence-electron chi connectivity index (χ4n) is 5.52. The van der Waals surface area contributed by atoms with Crippen LogP contribution in [-0.2, 0) is 13.5 Å². The Balaban J connectivity index is 1.70. The molecule has 5 rings (SSSR count). The molecule has 2 aromatic carbocycles. The van der Waals surface area contributed by atoms with Gasteiger partial charge in [-0.15, -0.1) is 0 Å². The maximum Gasteiger partial charge on any atom is 0.264 e. The lowest BCUT2D eigenvalue weighted by molar-refractivity contribution is 0.152. The van der Waals surface area contributed by atoms with Gasteiger partial charge in [-0.05, 0) is 72.2 Å². The molecule has 3 aromatic rings. The highest BCUT2D eigenvalue weighted by Gasteiger charge is 2.27. The first-order valence-corrected chi connectivity index (χ1v) is 14.1. The maximum absolute atomic E-state index is 14.4. The Kier molecular flexibility index (Phi) is 7.52. The van der Waals surface area contributed by atoms with Gasteiger partial charge >= 0.3 is 0 Å². The fraction of sp³-hybridized carbons (Fsp3) is 0.367. The third-order valence-electron chi connectivity index (χ3n) is 7.42. The summed E-state index contributed by atoms with van der Waals surface area (Å²) in [7, 11) is 7.95. The summed E-state index contributed by atoms with van der Waals surface area (Å²) in [6.45, 7) is 4.79. The summed E-state index contributed by atoms with van der Waals surface area (Å²) in [5, 5.41) is 4.22. The summed E-state index contributed by atoms with van der Waals surface area (Å²) < 4.78 is 30.5. The van der Waals surface area contributed by atoms with Crippen molar-refractivity contribution in [2.45, 2.75) is 25.7 Å². The largest absolute Gasteiger partial charge is 0.375 e. The van der Waals surface area contributed by atoms with E-state index in [-0.39, 0.29) is 5.56 Å². The smallest absolute Gasteiger partial charge is 0.264 e. The van der Waals surface area contributed by atoms with Gasteiger partial charge in [0, 0.05) is 74.8 Å². The first kappa shape index (κ1) is 26.4. The van der Waals surface area contributed by atoms with E-state index in [2.05, 4.69) is 53.8 Å². The monoisotopic (exact) mass is 535 g/mol. The number of nitrogens with zero attached hydrogens (tertiary/aromatic N) is 5. The molecule has 0 saturated carbocycles. The molecular weight excluding hydrogens is 500 g/mol. The molecule has 0 aliphatic carbocycles. The number of hydrogen-bond acceptors (Lipinski definition) is 5. The Bertz CT molecular complexity index is 1380. The topological polar surface area (TPSA) is 27.5 Å². The number of aromatic nitrogens is 2. The fourth-order valence-corrected chi connectivity index (χ4v) is 6.37. The zero-order valence-electron chi connectivity index (χ0n) is 22.5. The molecule has 0 radical (unpaired) electrons. The van der Waals surface area contributed by atoms with Crippen LogP contribution in [0.2, 0.25) is 0 Å². The minimum atomic E-state index is -2.58. The molecule has 1 aromatic heterocycles. The lowest BCUT2D eigenvalue weighted by Crippen LogP contribution is -2.26. The third-order valence-corrected chi connectivity index (χ3v) is 8.31. The van der Waals surface area contributed by atoms with E-state index in [4.69, 9.17) is 0 Å². The van der Waals surface area contributed by atoms with Gasteiger partial charge < -0.3 is 14.7 Å². The van der Waals surface area contributed by atoms with E-state index >= 15 is 0 Å². The van der Waals surface area contributed by atoms with E-state index in [1.54, 1.807) is 30.2 Å². The van der Waals surface area contributed by atoms with Gasteiger partial charge in [0.15, 0.2) is 0 Å². The van der Waals surface area contributed by atoms with Gasteiger partial charge in [-0.3, -0.25) is 4.68 Å². The van der Waals surface area contributed by atoms with Crippen molar-refractivity contribution in [3.63, 3.8) is 0 Å². The third kappa shape index (κ3) is 4.94. The summed E-state index contributed by atoms with van der Waals surface area (Å²) in [5.74, 6) is 2.09. The number of allylic oxidation sites excluding steroid dienone is 1. The maximum atomic E-state index is 14.4. The van der Waals surface area contributed by atoms with Crippen LogP contribution in [0.4, 0.5) is 31.5 Å². The van der Waals surface area contributed by atoms with Crippen molar-refractivity contribution < 1.29 is 8.78 Å². The average molecular weight is 536 g/mol.